The summed E-state index contributed by atoms with van der Waals surface area (Å²) in [6, 6.07) is 1.78. The Bertz CT molecular complexity index is 256. The van der Waals surface area contributed by atoms with Gasteiger partial charge in [-0.05, 0) is 38.6 Å². The Labute approximate surface area is 114 Å². The average Bonchev–Trinajstić information content (AvgIpc) is 2.55. The molecule has 2 aliphatic heterocycles. The van der Waals surface area contributed by atoms with E-state index in [9.17, 15) is 0 Å². The Morgan fingerprint density at radius 2 is 1.61 bits per heavy atom. The quantitative estimate of drug-likeness (QED) is 0.699. The normalized spacial score (nSPS) is 35.0. The van der Waals surface area contributed by atoms with Crippen molar-refractivity contribution >= 4 is 0 Å². The highest BCUT2D eigenvalue weighted by molar-refractivity contribution is 4.88. The van der Waals surface area contributed by atoms with E-state index in [4.69, 9.17) is 0 Å². The monoisotopic (exact) mass is 253 g/mol. The summed E-state index contributed by atoms with van der Waals surface area (Å²) in [5.74, 6) is 0.954. The van der Waals surface area contributed by atoms with Crippen LogP contribution in [0.25, 0.3) is 0 Å². The van der Waals surface area contributed by atoms with Gasteiger partial charge in [-0.25, -0.2) is 0 Å². The molecular formula is C16H33N2+. The van der Waals surface area contributed by atoms with Gasteiger partial charge in [-0.1, -0.05) is 19.3 Å². The van der Waals surface area contributed by atoms with Crippen molar-refractivity contribution in [1.82, 2.24) is 4.90 Å². The second-order valence-electron chi connectivity index (χ2n) is 7.66. The van der Waals surface area contributed by atoms with E-state index < -0.39 is 0 Å². The van der Waals surface area contributed by atoms with Gasteiger partial charge in [-0.2, -0.15) is 0 Å². The molecular weight excluding hydrogens is 220 g/mol. The minimum Gasteiger partial charge on any atom is -0.331 e. The van der Waals surface area contributed by atoms with Crippen molar-refractivity contribution in [2.75, 3.05) is 34.7 Å². The van der Waals surface area contributed by atoms with Crippen molar-refractivity contribution in [3.8, 4) is 0 Å². The Balaban J connectivity index is 2.00. The molecule has 2 nitrogen and oxygen atoms in total. The SMILES string of the molecule is CN1C2CCCCC1C(CC[N+](C)(C)C)CCC2. The molecule has 2 fully saturated rings. The molecule has 2 aliphatic rings. The third-order valence-electron chi connectivity index (χ3n) is 5.21. The van der Waals surface area contributed by atoms with Gasteiger partial charge in [-0.15, -0.1) is 0 Å². The van der Waals surface area contributed by atoms with Gasteiger partial charge in [-0.3, -0.25) is 0 Å². The summed E-state index contributed by atoms with van der Waals surface area (Å²) in [5, 5.41) is 0. The van der Waals surface area contributed by atoms with Crippen LogP contribution in [0, 0.1) is 5.92 Å². The Morgan fingerprint density at radius 1 is 0.944 bits per heavy atom. The number of quaternary nitrogens is 1. The molecule has 0 saturated carbocycles. The molecule has 2 heteroatoms. The van der Waals surface area contributed by atoms with E-state index in [1.807, 2.05) is 0 Å². The number of hydrogen-bond acceptors (Lipinski definition) is 1. The number of hydrogen-bond donors (Lipinski definition) is 0. The summed E-state index contributed by atoms with van der Waals surface area (Å²) in [4.78, 5) is 2.76. The van der Waals surface area contributed by atoms with Gasteiger partial charge in [0.1, 0.15) is 0 Å². The summed E-state index contributed by atoms with van der Waals surface area (Å²) in [5.41, 5.74) is 0. The summed E-state index contributed by atoms with van der Waals surface area (Å²) in [6.07, 6.45) is 11.7. The highest BCUT2D eigenvalue weighted by atomic mass is 15.3. The van der Waals surface area contributed by atoms with E-state index in [1.165, 1.54) is 57.9 Å². The first-order valence-electron chi connectivity index (χ1n) is 8.00. The van der Waals surface area contributed by atoms with Crippen molar-refractivity contribution in [1.29, 1.82) is 0 Å². The van der Waals surface area contributed by atoms with Gasteiger partial charge in [0.05, 0.1) is 27.7 Å². The zero-order valence-corrected chi connectivity index (χ0v) is 13.0. The maximum Gasteiger partial charge on any atom is 0.0783 e. The van der Waals surface area contributed by atoms with Crippen LogP contribution in [0.15, 0.2) is 0 Å². The Kier molecular flexibility index (Phi) is 4.71. The molecule has 18 heavy (non-hydrogen) atoms. The molecule has 0 aliphatic carbocycles. The van der Waals surface area contributed by atoms with Crippen LogP contribution in [0.1, 0.15) is 51.4 Å². The predicted octanol–water partition coefficient (Wildman–Crippen LogP) is 3.13. The molecule has 3 unspecified atom stereocenters. The molecule has 0 radical (unpaired) electrons. The summed E-state index contributed by atoms with van der Waals surface area (Å²) < 4.78 is 1.12. The van der Waals surface area contributed by atoms with E-state index in [-0.39, 0.29) is 0 Å². The molecule has 2 rings (SSSR count). The lowest BCUT2D eigenvalue weighted by Crippen LogP contribution is -2.43. The van der Waals surface area contributed by atoms with E-state index in [0.29, 0.717) is 0 Å². The average molecular weight is 253 g/mol. The molecule has 3 atom stereocenters. The van der Waals surface area contributed by atoms with Gasteiger partial charge < -0.3 is 9.38 Å². The smallest absolute Gasteiger partial charge is 0.0783 e. The summed E-state index contributed by atoms with van der Waals surface area (Å²) in [7, 11) is 9.40. The van der Waals surface area contributed by atoms with Crippen molar-refractivity contribution in [2.24, 2.45) is 5.92 Å². The molecule has 0 amide bonds. The second kappa shape index (κ2) is 5.92. The molecule has 0 aromatic rings. The van der Waals surface area contributed by atoms with E-state index in [2.05, 4.69) is 33.1 Å². The molecule has 2 saturated heterocycles. The molecule has 2 heterocycles. The third-order valence-corrected chi connectivity index (χ3v) is 5.21. The minimum atomic E-state index is 0.881. The van der Waals surface area contributed by atoms with Gasteiger partial charge in [0.25, 0.3) is 0 Å². The Hall–Kier alpha value is -0.0800. The standard InChI is InChI=1S/C16H33N2/c1-17-15-9-5-6-11-16(17)14(8-7-10-15)12-13-18(2,3)4/h14-16H,5-13H2,1-4H3/q+1. The fraction of sp³-hybridized carbons (Fsp3) is 1.00. The van der Waals surface area contributed by atoms with Gasteiger partial charge in [0.2, 0.25) is 0 Å². The number of nitrogens with zero attached hydrogens (tertiary/aromatic N) is 2. The molecule has 0 spiro atoms. The second-order valence-corrected chi connectivity index (χ2v) is 7.66. The lowest BCUT2D eigenvalue weighted by Gasteiger charge is -2.36. The zero-order chi connectivity index (χ0) is 13.2. The molecule has 0 N–H and O–H groups in total. The zero-order valence-electron chi connectivity index (χ0n) is 13.0. The van der Waals surface area contributed by atoms with E-state index in [0.717, 1.165) is 22.5 Å². The van der Waals surface area contributed by atoms with E-state index in [1.54, 1.807) is 0 Å². The first-order chi connectivity index (χ1) is 8.47. The van der Waals surface area contributed by atoms with Crippen LogP contribution in [0.2, 0.25) is 0 Å². The summed E-state index contributed by atoms with van der Waals surface area (Å²) in [6.45, 7) is 1.33. The first-order valence-corrected chi connectivity index (χ1v) is 8.00. The minimum absolute atomic E-state index is 0.881. The predicted molar refractivity (Wildman–Crippen MR) is 78.7 cm³/mol. The van der Waals surface area contributed by atoms with Crippen molar-refractivity contribution in [2.45, 2.75) is 63.5 Å². The molecule has 0 aromatic heterocycles. The first kappa shape index (κ1) is 14.3. The van der Waals surface area contributed by atoms with Crippen molar-refractivity contribution in [3.05, 3.63) is 0 Å². The number of rotatable bonds is 3. The Morgan fingerprint density at radius 3 is 2.33 bits per heavy atom. The van der Waals surface area contributed by atoms with Gasteiger partial charge in [0.15, 0.2) is 0 Å². The van der Waals surface area contributed by atoms with Crippen LogP contribution in [-0.2, 0) is 0 Å². The molecule has 106 valence electrons. The fourth-order valence-electron chi connectivity index (χ4n) is 4.03. The lowest BCUT2D eigenvalue weighted by atomic mass is 9.88. The largest absolute Gasteiger partial charge is 0.331 e. The molecule has 0 aromatic carbocycles. The van der Waals surface area contributed by atoms with Crippen molar-refractivity contribution < 1.29 is 4.48 Å². The maximum atomic E-state index is 2.76. The number of fused-ring (bicyclic) bond motifs is 2. The van der Waals surface area contributed by atoms with E-state index >= 15 is 0 Å². The van der Waals surface area contributed by atoms with Crippen molar-refractivity contribution in [3.63, 3.8) is 0 Å². The van der Waals surface area contributed by atoms with Gasteiger partial charge in [0, 0.05) is 18.5 Å². The summed E-state index contributed by atoms with van der Waals surface area (Å²) >= 11 is 0. The lowest BCUT2D eigenvalue weighted by molar-refractivity contribution is -0.871. The molecule has 2 bridgehead atoms. The van der Waals surface area contributed by atoms with Gasteiger partial charge >= 0.3 is 0 Å². The van der Waals surface area contributed by atoms with Crippen LogP contribution < -0.4 is 0 Å². The van der Waals surface area contributed by atoms with Crippen LogP contribution in [-0.4, -0.2) is 56.2 Å². The maximum absolute atomic E-state index is 2.76. The topological polar surface area (TPSA) is 3.24 Å². The van der Waals surface area contributed by atoms with Crippen LogP contribution in [0.4, 0.5) is 0 Å². The third kappa shape index (κ3) is 3.71. The highest BCUT2D eigenvalue weighted by Crippen LogP contribution is 2.35. The highest BCUT2D eigenvalue weighted by Gasteiger charge is 2.34. The van der Waals surface area contributed by atoms with Crippen LogP contribution >= 0.6 is 0 Å². The van der Waals surface area contributed by atoms with Crippen LogP contribution in [0.3, 0.4) is 0 Å². The fourth-order valence-corrected chi connectivity index (χ4v) is 4.03. The van der Waals surface area contributed by atoms with Crippen LogP contribution in [0.5, 0.6) is 0 Å².